The average Bonchev–Trinajstić information content (AvgIpc) is 2.46. The van der Waals surface area contributed by atoms with Crippen LogP contribution in [0.15, 0.2) is 58.0 Å². The predicted molar refractivity (Wildman–Crippen MR) is 85.4 cm³/mol. The standard InChI is InChI=1S/C16H15BrFN3/c17-12-5-1-3-10(7-12)14-9-15(21-16(19)20-14)11-4-2-6-13(18)8-11/h1-8,14-15H,9H2,(H3,19,20,21). The number of benzene rings is 2. The first-order chi connectivity index (χ1) is 10.1. The molecule has 108 valence electrons. The molecule has 0 aliphatic carbocycles. The zero-order valence-corrected chi connectivity index (χ0v) is 12.8. The van der Waals surface area contributed by atoms with Gasteiger partial charge in [0, 0.05) is 4.47 Å². The number of nitrogens with one attached hydrogen (secondary N) is 1. The molecule has 3 nitrogen and oxygen atoms in total. The number of halogens is 2. The molecule has 1 aliphatic heterocycles. The van der Waals surface area contributed by atoms with Gasteiger partial charge in [0.2, 0.25) is 0 Å². The van der Waals surface area contributed by atoms with Gasteiger partial charge in [-0.2, -0.15) is 0 Å². The van der Waals surface area contributed by atoms with Gasteiger partial charge in [-0.15, -0.1) is 0 Å². The Morgan fingerprint density at radius 3 is 2.67 bits per heavy atom. The van der Waals surface area contributed by atoms with Crippen molar-refractivity contribution in [3.63, 3.8) is 0 Å². The molecule has 2 atom stereocenters. The van der Waals surface area contributed by atoms with Crippen molar-refractivity contribution in [3.8, 4) is 0 Å². The van der Waals surface area contributed by atoms with Gasteiger partial charge in [-0.25, -0.2) is 9.38 Å². The van der Waals surface area contributed by atoms with Gasteiger partial charge >= 0.3 is 0 Å². The molecule has 21 heavy (non-hydrogen) atoms. The van der Waals surface area contributed by atoms with Gasteiger partial charge in [0.1, 0.15) is 5.82 Å². The number of guanidine groups is 1. The number of aliphatic imine (C=N–C) groups is 1. The van der Waals surface area contributed by atoms with Gasteiger partial charge in [0.25, 0.3) is 0 Å². The molecule has 2 aromatic rings. The number of hydrogen-bond donors (Lipinski definition) is 2. The fraction of sp³-hybridized carbons (Fsp3) is 0.188. The smallest absolute Gasteiger partial charge is 0.189 e. The van der Waals surface area contributed by atoms with E-state index in [1.165, 1.54) is 12.1 Å². The molecular weight excluding hydrogens is 333 g/mol. The van der Waals surface area contributed by atoms with E-state index >= 15 is 0 Å². The van der Waals surface area contributed by atoms with E-state index in [2.05, 4.69) is 32.3 Å². The van der Waals surface area contributed by atoms with Crippen LogP contribution < -0.4 is 11.1 Å². The molecule has 0 aromatic heterocycles. The Labute approximate surface area is 131 Å². The summed E-state index contributed by atoms with van der Waals surface area (Å²) in [4.78, 5) is 4.40. The van der Waals surface area contributed by atoms with Crippen LogP contribution in [0.4, 0.5) is 4.39 Å². The highest BCUT2D eigenvalue weighted by Crippen LogP contribution is 2.33. The summed E-state index contributed by atoms with van der Waals surface area (Å²) in [7, 11) is 0. The predicted octanol–water partition coefficient (Wildman–Crippen LogP) is 3.68. The lowest BCUT2D eigenvalue weighted by atomic mass is 9.94. The SMILES string of the molecule is NC1=NC(c2cccc(F)c2)CC(c2cccc(Br)c2)N1. The summed E-state index contributed by atoms with van der Waals surface area (Å²) < 4.78 is 14.4. The molecule has 3 rings (SSSR count). The van der Waals surface area contributed by atoms with Gasteiger partial charge in [-0.1, -0.05) is 40.2 Å². The highest BCUT2D eigenvalue weighted by molar-refractivity contribution is 9.10. The Hall–Kier alpha value is -1.88. The second-order valence-corrected chi connectivity index (χ2v) is 5.99. The molecule has 1 aliphatic rings. The molecule has 1 heterocycles. The fourth-order valence-electron chi connectivity index (χ4n) is 2.59. The third-order valence-electron chi connectivity index (χ3n) is 3.56. The highest BCUT2D eigenvalue weighted by Gasteiger charge is 2.24. The summed E-state index contributed by atoms with van der Waals surface area (Å²) >= 11 is 3.47. The summed E-state index contributed by atoms with van der Waals surface area (Å²) in [5, 5.41) is 3.19. The maximum Gasteiger partial charge on any atom is 0.189 e. The van der Waals surface area contributed by atoms with E-state index < -0.39 is 0 Å². The largest absolute Gasteiger partial charge is 0.370 e. The van der Waals surface area contributed by atoms with Crippen LogP contribution in [-0.4, -0.2) is 5.96 Å². The van der Waals surface area contributed by atoms with Gasteiger partial charge in [0.05, 0.1) is 12.1 Å². The first-order valence-corrected chi connectivity index (χ1v) is 7.52. The van der Waals surface area contributed by atoms with Crippen LogP contribution in [0.3, 0.4) is 0 Å². The monoisotopic (exact) mass is 347 g/mol. The quantitative estimate of drug-likeness (QED) is 0.870. The van der Waals surface area contributed by atoms with E-state index in [9.17, 15) is 4.39 Å². The van der Waals surface area contributed by atoms with E-state index in [0.717, 1.165) is 22.0 Å². The summed E-state index contributed by atoms with van der Waals surface area (Å²) in [6.45, 7) is 0. The minimum Gasteiger partial charge on any atom is -0.370 e. The number of nitrogens with two attached hydrogens (primary N) is 1. The Kier molecular flexibility index (Phi) is 3.92. The lowest BCUT2D eigenvalue weighted by Gasteiger charge is -2.29. The topological polar surface area (TPSA) is 50.4 Å². The van der Waals surface area contributed by atoms with Gasteiger partial charge in [0.15, 0.2) is 5.96 Å². The van der Waals surface area contributed by atoms with Crippen molar-refractivity contribution in [2.24, 2.45) is 10.7 Å². The van der Waals surface area contributed by atoms with Crippen LogP contribution >= 0.6 is 15.9 Å². The number of hydrogen-bond acceptors (Lipinski definition) is 3. The van der Waals surface area contributed by atoms with Crippen molar-refractivity contribution in [2.45, 2.75) is 18.5 Å². The van der Waals surface area contributed by atoms with E-state index in [1.54, 1.807) is 6.07 Å². The van der Waals surface area contributed by atoms with Crippen LogP contribution in [0.5, 0.6) is 0 Å². The fourth-order valence-corrected chi connectivity index (χ4v) is 3.00. The van der Waals surface area contributed by atoms with E-state index in [-0.39, 0.29) is 17.9 Å². The first kappa shape index (κ1) is 14.1. The molecule has 0 fully saturated rings. The van der Waals surface area contributed by atoms with E-state index in [4.69, 9.17) is 5.73 Å². The molecule has 0 saturated carbocycles. The minimum absolute atomic E-state index is 0.0632. The Morgan fingerprint density at radius 2 is 1.90 bits per heavy atom. The lowest BCUT2D eigenvalue weighted by Crippen LogP contribution is -2.39. The zero-order chi connectivity index (χ0) is 14.8. The van der Waals surface area contributed by atoms with Crippen LogP contribution in [0.2, 0.25) is 0 Å². The van der Waals surface area contributed by atoms with Crippen LogP contribution in [0, 0.1) is 5.82 Å². The summed E-state index contributed by atoms with van der Waals surface area (Å²) in [5.41, 5.74) is 7.87. The Morgan fingerprint density at radius 1 is 1.14 bits per heavy atom. The Balaban J connectivity index is 1.89. The molecular formula is C16H15BrFN3. The molecule has 0 spiro atoms. The molecule has 0 saturated heterocycles. The minimum atomic E-state index is -0.251. The molecule has 0 bridgehead atoms. The van der Waals surface area contributed by atoms with E-state index in [1.807, 2.05) is 24.3 Å². The van der Waals surface area contributed by atoms with Crippen LogP contribution in [-0.2, 0) is 0 Å². The average molecular weight is 348 g/mol. The zero-order valence-electron chi connectivity index (χ0n) is 11.3. The normalized spacial score (nSPS) is 21.5. The first-order valence-electron chi connectivity index (χ1n) is 6.72. The molecule has 0 amide bonds. The molecule has 2 unspecified atom stereocenters. The van der Waals surface area contributed by atoms with Crippen molar-refractivity contribution < 1.29 is 4.39 Å². The molecule has 3 N–H and O–H groups in total. The highest BCUT2D eigenvalue weighted by atomic mass is 79.9. The van der Waals surface area contributed by atoms with Crippen LogP contribution in [0.1, 0.15) is 29.6 Å². The van der Waals surface area contributed by atoms with Crippen molar-refractivity contribution in [2.75, 3.05) is 0 Å². The second-order valence-electron chi connectivity index (χ2n) is 5.07. The van der Waals surface area contributed by atoms with E-state index in [0.29, 0.717) is 5.96 Å². The van der Waals surface area contributed by atoms with Gasteiger partial charge in [-0.3, -0.25) is 0 Å². The maximum absolute atomic E-state index is 13.4. The number of rotatable bonds is 2. The van der Waals surface area contributed by atoms with Gasteiger partial charge in [-0.05, 0) is 41.8 Å². The Bertz CT molecular complexity index is 687. The van der Waals surface area contributed by atoms with Crippen LogP contribution in [0.25, 0.3) is 0 Å². The third kappa shape index (κ3) is 3.24. The third-order valence-corrected chi connectivity index (χ3v) is 4.05. The summed E-state index contributed by atoms with van der Waals surface area (Å²) in [5.74, 6) is 0.138. The molecule has 2 aromatic carbocycles. The van der Waals surface area contributed by atoms with Crippen molar-refractivity contribution >= 4 is 21.9 Å². The number of nitrogens with zero attached hydrogens (tertiary/aromatic N) is 1. The van der Waals surface area contributed by atoms with Crippen molar-refractivity contribution in [3.05, 3.63) is 69.9 Å². The van der Waals surface area contributed by atoms with Gasteiger partial charge < -0.3 is 11.1 Å². The summed E-state index contributed by atoms with van der Waals surface area (Å²) in [6, 6.07) is 14.5. The van der Waals surface area contributed by atoms with Crippen molar-refractivity contribution in [1.82, 2.24) is 5.32 Å². The second kappa shape index (κ2) is 5.85. The lowest BCUT2D eigenvalue weighted by molar-refractivity contribution is 0.485. The molecule has 5 heteroatoms. The maximum atomic E-state index is 13.4. The molecule has 0 radical (unpaired) electrons. The summed E-state index contributed by atoms with van der Waals surface area (Å²) in [6.07, 6.45) is 0.737. The van der Waals surface area contributed by atoms with Crippen molar-refractivity contribution in [1.29, 1.82) is 0 Å².